The third-order valence-electron chi connectivity index (χ3n) is 3.41. The van der Waals surface area contributed by atoms with Gasteiger partial charge in [0, 0.05) is 23.5 Å². The average molecular weight is 322 g/mol. The summed E-state index contributed by atoms with van der Waals surface area (Å²) in [5.74, 6) is 0.269. The second-order valence-electron chi connectivity index (χ2n) is 4.91. The maximum absolute atomic E-state index is 13.7. The van der Waals surface area contributed by atoms with Gasteiger partial charge in [-0.05, 0) is 41.8 Å². The van der Waals surface area contributed by atoms with E-state index in [0.29, 0.717) is 22.8 Å². The lowest BCUT2D eigenvalue weighted by atomic mass is 10.1. The predicted octanol–water partition coefficient (Wildman–Crippen LogP) is 3.72. The lowest BCUT2D eigenvalue weighted by Crippen LogP contribution is -2.19. The smallest absolute Gasteiger partial charge is 0.155 e. The minimum atomic E-state index is -0.312. The van der Waals surface area contributed by atoms with Crippen LogP contribution in [0, 0.1) is 5.82 Å². The number of aromatic nitrogens is 1. The fourth-order valence-electron chi connectivity index (χ4n) is 2.34. The van der Waals surface area contributed by atoms with Crippen LogP contribution in [-0.4, -0.2) is 16.5 Å². The number of fused-ring (bicyclic) bond motifs is 1. The first kappa shape index (κ1) is 13.8. The zero-order valence-corrected chi connectivity index (χ0v) is 12.7. The van der Waals surface area contributed by atoms with Crippen molar-refractivity contribution in [2.24, 2.45) is 10.1 Å². The van der Waals surface area contributed by atoms with Gasteiger partial charge >= 0.3 is 0 Å². The molecule has 23 heavy (non-hydrogen) atoms. The number of amidine groups is 1. The molecule has 0 fully saturated rings. The maximum Gasteiger partial charge on any atom is 0.155 e. The number of hydrogen-bond acceptors (Lipinski definition) is 5. The van der Waals surface area contributed by atoms with E-state index in [1.807, 2.05) is 29.6 Å². The molecule has 4 nitrogen and oxygen atoms in total. The molecule has 0 spiro atoms. The monoisotopic (exact) mass is 322 g/mol. The predicted molar refractivity (Wildman–Crippen MR) is 89.9 cm³/mol. The van der Waals surface area contributed by atoms with Gasteiger partial charge in [-0.3, -0.25) is 10.4 Å². The normalized spacial score (nSPS) is 13.4. The minimum Gasteiger partial charge on any atom is -0.264 e. The molecule has 3 heterocycles. The Labute approximate surface area is 136 Å². The first-order chi connectivity index (χ1) is 11.3. The molecule has 1 N–H and O–H groups in total. The van der Waals surface area contributed by atoms with E-state index in [-0.39, 0.29) is 5.82 Å². The summed E-state index contributed by atoms with van der Waals surface area (Å²) >= 11 is 1.55. The van der Waals surface area contributed by atoms with E-state index in [1.165, 1.54) is 12.1 Å². The number of halogens is 1. The zero-order chi connectivity index (χ0) is 15.6. The van der Waals surface area contributed by atoms with Crippen LogP contribution in [0.1, 0.15) is 16.0 Å². The molecule has 0 aliphatic carbocycles. The lowest BCUT2D eigenvalue weighted by molar-refractivity contribution is 0.627. The SMILES string of the molecule is Fc1ccc2c(c1)C(c1cccs1)=NNC(c1cccnc1)=N2. The molecule has 6 heteroatoms. The number of nitrogens with zero attached hydrogens (tertiary/aromatic N) is 3. The number of thiophene rings is 1. The highest BCUT2D eigenvalue weighted by molar-refractivity contribution is 7.12. The molecule has 4 rings (SSSR count). The van der Waals surface area contributed by atoms with Gasteiger partial charge in [0.15, 0.2) is 5.84 Å². The van der Waals surface area contributed by atoms with Crippen molar-refractivity contribution in [3.05, 3.63) is 82.1 Å². The number of benzene rings is 1. The van der Waals surface area contributed by atoms with Gasteiger partial charge < -0.3 is 0 Å². The summed E-state index contributed by atoms with van der Waals surface area (Å²) in [7, 11) is 0. The number of pyridine rings is 1. The zero-order valence-electron chi connectivity index (χ0n) is 11.9. The second kappa shape index (κ2) is 5.73. The van der Waals surface area contributed by atoms with Crippen molar-refractivity contribution in [3.63, 3.8) is 0 Å². The highest BCUT2D eigenvalue weighted by Gasteiger charge is 2.18. The van der Waals surface area contributed by atoms with Gasteiger partial charge in [0.05, 0.1) is 10.6 Å². The molecule has 0 atom stereocenters. The molecule has 0 radical (unpaired) electrons. The Morgan fingerprint density at radius 1 is 1.09 bits per heavy atom. The van der Waals surface area contributed by atoms with Crippen molar-refractivity contribution in [2.45, 2.75) is 0 Å². The Morgan fingerprint density at radius 2 is 2.04 bits per heavy atom. The summed E-state index contributed by atoms with van der Waals surface area (Å²) in [4.78, 5) is 9.65. The van der Waals surface area contributed by atoms with Crippen LogP contribution in [0.25, 0.3) is 0 Å². The molecule has 1 aliphatic rings. The molecule has 1 aliphatic heterocycles. The fraction of sp³-hybridized carbons (Fsp3) is 0. The Morgan fingerprint density at radius 3 is 2.83 bits per heavy atom. The molecule has 0 saturated carbocycles. The largest absolute Gasteiger partial charge is 0.264 e. The van der Waals surface area contributed by atoms with Crippen LogP contribution in [0.3, 0.4) is 0 Å². The Hall–Kier alpha value is -2.86. The van der Waals surface area contributed by atoms with E-state index >= 15 is 0 Å². The van der Waals surface area contributed by atoms with Gasteiger partial charge in [-0.1, -0.05) is 6.07 Å². The quantitative estimate of drug-likeness (QED) is 0.782. The Kier molecular flexibility index (Phi) is 3.44. The molecule has 0 bridgehead atoms. The van der Waals surface area contributed by atoms with Gasteiger partial charge in [0.25, 0.3) is 0 Å². The van der Waals surface area contributed by atoms with Crippen LogP contribution in [0.5, 0.6) is 0 Å². The summed E-state index contributed by atoms with van der Waals surface area (Å²) in [6, 6.07) is 12.2. The van der Waals surface area contributed by atoms with E-state index in [4.69, 9.17) is 0 Å². The van der Waals surface area contributed by atoms with Gasteiger partial charge in [0.1, 0.15) is 11.5 Å². The topological polar surface area (TPSA) is 49.6 Å². The summed E-state index contributed by atoms with van der Waals surface area (Å²) in [6.07, 6.45) is 3.41. The van der Waals surface area contributed by atoms with Crippen molar-refractivity contribution in [1.82, 2.24) is 10.4 Å². The van der Waals surface area contributed by atoms with Crippen LogP contribution >= 0.6 is 11.3 Å². The minimum absolute atomic E-state index is 0.312. The van der Waals surface area contributed by atoms with Crippen molar-refractivity contribution >= 4 is 28.6 Å². The summed E-state index contributed by atoms with van der Waals surface area (Å²) < 4.78 is 13.7. The van der Waals surface area contributed by atoms with Crippen LogP contribution in [0.4, 0.5) is 10.1 Å². The van der Waals surface area contributed by atoms with Gasteiger partial charge in [0.2, 0.25) is 0 Å². The van der Waals surface area contributed by atoms with E-state index in [1.54, 1.807) is 29.8 Å². The fourth-order valence-corrected chi connectivity index (χ4v) is 3.07. The Bertz CT molecular complexity index is 902. The third-order valence-corrected chi connectivity index (χ3v) is 4.29. The van der Waals surface area contributed by atoms with Crippen molar-refractivity contribution in [3.8, 4) is 0 Å². The number of rotatable bonds is 2. The van der Waals surface area contributed by atoms with Crippen LogP contribution in [0.15, 0.2) is 70.3 Å². The highest BCUT2D eigenvalue weighted by atomic mass is 32.1. The van der Waals surface area contributed by atoms with Gasteiger partial charge in [-0.25, -0.2) is 9.38 Å². The second-order valence-corrected chi connectivity index (χ2v) is 5.86. The molecule has 0 amide bonds. The van der Waals surface area contributed by atoms with Crippen molar-refractivity contribution in [2.75, 3.05) is 0 Å². The van der Waals surface area contributed by atoms with Crippen molar-refractivity contribution in [1.29, 1.82) is 0 Å². The van der Waals surface area contributed by atoms with Gasteiger partial charge in [-0.15, -0.1) is 11.3 Å². The molecular formula is C17H11FN4S. The third kappa shape index (κ3) is 2.64. The van der Waals surface area contributed by atoms with Gasteiger partial charge in [-0.2, -0.15) is 5.10 Å². The number of hydrazone groups is 1. The summed E-state index contributed by atoms with van der Waals surface area (Å²) in [5, 5.41) is 6.42. The molecule has 0 saturated heterocycles. The standard InChI is InChI=1S/C17H11FN4S/c18-12-5-6-14-13(9-12)16(15-4-2-8-23-15)21-22-17(20-14)11-3-1-7-19-10-11/h1-10H,(H,20,22). The van der Waals surface area contributed by atoms with Crippen molar-refractivity contribution < 1.29 is 4.39 Å². The number of nitrogens with one attached hydrogen (secondary N) is 1. The van der Waals surface area contributed by atoms with Crippen LogP contribution in [0.2, 0.25) is 0 Å². The lowest BCUT2D eigenvalue weighted by Gasteiger charge is -2.05. The molecule has 2 aromatic heterocycles. The van der Waals surface area contributed by atoms with E-state index in [2.05, 4.69) is 20.5 Å². The van der Waals surface area contributed by atoms with E-state index in [9.17, 15) is 4.39 Å². The molecular weight excluding hydrogens is 311 g/mol. The highest BCUT2D eigenvalue weighted by Crippen LogP contribution is 2.27. The number of hydrogen-bond donors (Lipinski definition) is 1. The van der Waals surface area contributed by atoms with Crippen LogP contribution < -0.4 is 5.43 Å². The van der Waals surface area contributed by atoms with Crippen LogP contribution in [-0.2, 0) is 0 Å². The molecule has 3 aromatic rings. The molecule has 1 aromatic carbocycles. The summed E-state index contributed by atoms with van der Waals surface area (Å²) in [6.45, 7) is 0. The maximum atomic E-state index is 13.7. The van der Waals surface area contributed by atoms with E-state index < -0.39 is 0 Å². The summed E-state index contributed by atoms with van der Waals surface area (Å²) in [5.41, 5.74) is 5.82. The Balaban J connectivity index is 1.89. The first-order valence-corrected chi connectivity index (χ1v) is 7.86. The number of aliphatic imine (C=N–C) groups is 1. The average Bonchev–Trinajstić information content (AvgIpc) is 3.04. The first-order valence-electron chi connectivity index (χ1n) is 6.98. The van der Waals surface area contributed by atoms with E-state index in [0.717, 1.165) is 10.4 Å². The molecule has 112 valence electrons. The molecule has 0 unspecified atom stereocenters.